The summed E-state index contributed by atoms with van der Waals surface area (Å²) in [7, 11) is 1.91. The third-order valence-electron chi connectivity index (χ3n) is 2.50. The van der Waals surface area contributed by atoms with Gasteiger partial charge < -0.3 is 10.6 Å². The number of nitrogens with one attached hydrogen (secondary N) is 2. The number of anilines is 3. The third kappa shape index (κ3) is 2.77. The molecular weight excluding hydrogens is 228 g/mol. The van der Waals surface area contributed by atoms with E-state index in [1.54, 1.807) is 17.1 Å². The van der Waals surface area contributed by atoms with Crippen molar-refractivity contribution >= 4 is 17.3 Å². The molecule has 0 radical (unpaired) electrons. The summed E-state index contributed by atoms with van der Waals surface area (Å²) in [6, 6.07) is 0. The molecule has 96 valence electrons. The molecule has 0 aliphatic rings. The van der Waals surface area contributed by atoms with Gasteiger partial charge in [0, 0.05) is 19.8 Å². The van der Waals surface area contributed by atoms with E-state index in [2.05, 4.69) is 32.6 Å². The highest BCUT2D eigenvalue weighted by atomic mass is 15.3. The predicted molar refractivity (Wildman–Crippen MR) is 72.1 cm³/mol. The standard InChI is InChI=1S/C12H18N6/c1-4-9-10(8-18(3)17-9)15-12-7-13-6-11(16-12)14-5-2/h6-8H,4-5H2,1-3H3,(H2,14,15,16). The van der Waals surface area contributed by atoms with Crippen LogP contribution >= 0.6 is 0 Å². The van der Waals surface area contributed by atoms with Crippen LogP contribution < -0.4 is 10.6 Å². The van der Waals surface area contributed by atoms with Gasteiger partial charge in [0.15, 0.2) is 5.82 Å². The summed E-state index contributed by atoms with van der Waals surface area (Å²) < 4.78 is 1.79. The number of rotatable bonds is 5. The molecule has 0 amide bonds. The maximum absolute atomic E-state index is 4.42. The fourth-order valence-electron chi connectivity index (χ4n) is 1.73. The molecule has 0 saturated carbocycles. The lowest BCUT2D eigenvalue weighted by Gasteiger charge is -2.06. The highest BCUT2D eigenvalue weighted by Gasteiger charge is 2.07. The first-order valence-corrected chi connectivity index (χ1v) is 6.08. The monoisotopic (exact) mass is 246 g/mol. The Kier molecular flexibility index (Phi) is 3.76. The van der Waals surface area contributed by atoms with Crippen LogP contribution in [0.2, 0.25) is 0 Å². The molecular formula is C12H18N6. The molecule has 0 atom stereocenters. The smallest absolute Gasteiger partial charge is 0.151 e. The van der Waals surface area contributed by atoms with Crippen molar-refractivity contribution in [3.8, 4) is 0 Å². The molecule has 18 heavy (non-hydrogen) atoms. The van der Waals surface area contributed by atoms with Crippen molar-refractivity contribution in [2.24, 2.45) is 7.05 Å². The summed E-state index contributed by atoms with van der Waals surface area (Å²) in [5, 5.41) is 10.8. The molecule has 2 aromatic heterocycles. The zero-order chi connectivity index (χ0) is 13.0. The van der Waals surface area contributed by atoms with Crippen LogP contribution in [0.3, 0.4) is 0 Å². The largest absolute Gasteiger partial charge is 0.369 e. The van der Waals surface area contributed by atoms with Gasteiger partial charge >= 0.3 is 0 Å². The maximum atomic E-state index is 4.42. The van der Waals surface area contributed by atoms with Crippen LogP contribution in [-0.4, -0.2) is 26.3 Å². The topological polar surface area (TPSA) is 67.7 Å². The first kappa shape index (κ1) is 12.3. The van der Waals surface area contributed by atoms with Crippen molar-refractivity contribution in [2.75, 3.05) is 17.2 Å². The molecule has 2 N–H and O–H groups in total. The van der Waals surface area contributed by atoms with E-state index in [4.69, 9.17) is 0 Å². The number of aromatic nitrogens is 4. The molecule has 0 aromatic carbocycles. The zero-order valence-electron chi connectivity index (χ0n) is 10.9. The van der Waals surface area contributed by atoms with Crippen molar-refractivity contribution in [2.45, 2.75) is 20.3 Å². The van der Waals surface area contributed by atoms with Gasteiger partial charge in [0.2, 0.25) is 0 Å². The van der Waals surface area contributed by atoms with E-state index in [1.165, 1.54) is 0 Å². The van der Waals surface area contributed by atoms with E-state index < -0.39 is 0 Å². The Hall–Kier alpha value is -2.11. The first-order chi connectivity index (χ1) is 8.72. The molecule has 0 spiro atoms. The van der Waals surface area contributed by atoms with E-state index in [9.17, 15) is 0 Å². The zero-order valence-corrected chi connectivity index (χ0v) is 10.9. The minimum atomic E-state index is 0.719. The lowest BCUT2D eigenvalue weighted by Crippen LogP contribution is -2.02. The van der Waals surface area contributed by atoms with E-state index in [0.29, 0.717) is 0 Å². The average molecular weight is 246 g/mol. The second-order valence-electron chi connectivity index (χ2n) is 3.96. The van der Waals surface area contributed by atoms with Crippen LogP contribution in [0.4, 0.5) is 17.3 Å². The summed E-state index contributed by atoms with van der Waals surface area (Å²) in [6.07, 6.45) is 6.23. The molecule has 2 aromatic rings. The van der Waals surface area contributed by atoms with Gasteiger partial charge in [-0.3, -0.25) is 9.67 Å². The van der Waals surface area contributed by atoms with E-state index >= 15 is 0 Å². The molecule has 0 unspecified atom stereocenters. The Labute approximate surface area is 106 Å². The van der Waals surface area contributed by atoms with Crippen LogP contribution in [0, 0.1) is 0 Å². The Morgan fingerprint density at radius 2 is 2.00 bits per heavy atom. The van der Waals surface area contributed by atoms with Crippen molar-refractivity contribution in [1.29, 1.82) is 0 Å². The minimum absolute atomic E-state index is 0.719. The number of aryl methyl sites for hydroxylation is 2. The Bertz CT molecular complexity index is 519. The minimum Gasteiger partial charge on any atom is -0.369 e. The quantitative estimate of drug-likeness (QED) is 0.844. The van der Waals surface area contributed by atoms with Gasteiger partial charge in [-0.1, -0.05) is 6.92 Å². The van der Waals surface area contributed by atoms with E-state index in [0.717, 1.165) is 36.0 Å². The van der Waals surface area contributed by atoms with Gasteiger partial charge in [0.1, 0.15) is 5.82 Å². The second kappa shape index (κ2) is 5.48. The van der Waals surface area contributed by atoms with Crippen LogP contribution in [-0.2, 0) is 13.5 Å². The van der Waals surface area contributed by atoms with Crippen LogP contribution in [0.15, 0.2) is 18.6 Å². The van der Waals surface area contributed by atoms with Crippen LogP contribution in [0.1, 0.15) is 19.5 Å². The van der Waals surface area contributed by atoms with Crippen molar-refractivity contribution < 1.29 is 0 Å². The molecule has 0 fully saturated rings. The Morgan fingerprint density at radius 3 is 2.72 bits per heavy atom. The molecule has 0 aliphatic heterocycles. The Morgan fingerprint density at radius 1 is 1.22 bits per heavy atom. The average Bonchev–Trinajstić information content (AvgIpc) is 2.70. The summed E-state index contributed by atoms with van der Waals surface area (Å²) in [4.78, 5) is 8.57. The predicted octanol–water partition coefficient (Wildman–Crippen LogP) is 1.95. The number of hydrogen-bond donors (Lipinski definition) is 2. The van der Waals surface area contributed by atoms with E-state index in [-0.39, 0.29) is 0 Å². The normalized spacial score (nSPS) is 10.4. The lowest BCUT2D eigenvalue weighted by molar-refractivity contribution is 0.746. The fraction of sp³-hybridized carbons (Fsp3) is 0.417. The first-order valence-electron chi connectivity index (χ1n) is 6.08. The van der Waals surface area contributed by atoms with Gasteiger partial charge in [-0.2, -0.15) is 5.10 Å². The molecule has 0 bridgehead atoms. The van der Waals surface area contributed by atoms with E-state index in [1.807, 2.05) is 20.2 Å². The summed E-state index contributed by atoms with van der Waals surface area (Å²) in [5.41, 5.74) is 2.00. The number of hydrogen-bond acceptors (Lipinski definition) is 5. The highest BCUT2D eigenvalue weighted by Crippen LogP contribution is 2.19. The molecule has 2 rings (SSSR count). The van der Waals surface area contributed by atoms with Gasteiger partial charge in [0.25, 0.3) is 0 Å². The van der Waals surface area contributed by atoms with Crippen LogP contribution in [0.25, 0.3) is 0 Å². The molecule has 0 aliphatic carbocycles. The van der Waals surface area contributed by atoms with Crippen LogP contribution in [0.5, 0.6) is 0 Å². The number of nitrogens with zero attached hydrogens (tertiary/aromatic N) is 4. The lowest BCUT2D eigenvalue weighted by atomic mass is 10.3. The summed E-state index contributed by atoms with van der Waals surface area (Å²) in [6.45, 7) is 4.93. The molecule has 6 heteroatoms. The highest BCUT2D eigenvalue weighted by molar-refractivity contribution is 5.58. The molecule has 0 saturated heterocycles. The van der Waals surface area contributed by atoms with Gasteiger partial charge in [-0.05, 0) is 13.3 Å². The fourth-order valence-corrected chi connectivity index (χ4v) is 1.73. The van der Waals surface area contributed by atoms with Crippen molar-refractivity contribution in [3.63, 3.8) is 0 Å². The van der Waals surface area contributed by atoms with Crippen molar-refractivity contribution in [1.82, 2.24) is 19.7 Å². The summed E-state index contributed by atoms with van der Waals surface area (Å²) in [5.74, 6) is 1.49. The Balaban J connectivity index is 2.19. The second-order valence-corrected chi connectivity index (χ2v) is 3.96. The SMILES string of the molecule is CCNc1cncc(Nc2cn(C)nc2CC)n1. The van der Waals surface area contributed by atoms with Gasteiger partial charge in [-0.25, -0.2) is 4.98 Å². The van der Waals surface area contributed by atoms with Gasteiger partial charge in [0.05, 0.1) is 23.8 Å². The van der Waals surface area contributed by atoms with Gasteiger partial charge in [-0.15, -0.1) is 0 Å². The van der Waals surface area contributed by atoms with Crippen molar-refractivity contribution in [3.05, 3.63) is 24.3 Å². The summed E-state index contributed by atoms with van der Waals surface area (Å²) >= 11 is 0. The maximum Gasteiger partial charge on any atom is 0.151 e. The third-order valence-corrected chi connectivity index (χ3v) is 2.50. The molecule has 6 nitrogen and oxygen atoms in total. The molecule has 2 heterocycles.